The number of amides is 2. The fourth-order valence-electron chi connectivity index (χ4n) is 2.52. The van der Waals surface area contributed by atoms with Crippen LogP contribution in [0.1, 0.15) is 22.3 Å². The number of nitrogens with zero attached hydrogens (tertiary/aromatic N) is 1. The molecule has 3 rings (SSSR count). The average molecular weight is 341 g/mol. The molecule has 1 atom stereocenters. The third kappa shape index (κ3) is 4.07. The lowest BCUT2D eigenvalue weighted by atomic mass is 10.1. The van der Waals surface area contributed by atoms with Crippen LogP contribution in [0.2, 0.25) is 0 Å². The van der Waals surface area contributed by atoms with E-state index in [4.69, 9.17) is 10.5 Å². The summed E-state index contributed by atoms with van der Waals surface area (Å²) >= 11 is 0. The van der Waals surface area contributed by atoms with E-state index < -0.39 is 11.9 Å². The molecule has 4 N–H and O–H groups in total. The molecule has 1 aliphatic heterocycles. The van der Waals surface area contributed by atoms with Crippen molar-refractivity contribution in [3.8, 4) is 5.75 Å². The van der Waals surface area contributed by atoms with Crippen LogP contribution in [0.4, 0.5) is 5.69 Å². The molecule has 2 amide bonds. The summed E-state index contributed by atoms with van der Waals surface area (Å²) in [5, 5.41) is 12.5. The van der Waals surface area contributed by atoms with Gasteiger partial charge in [-0.1, -0.05) is 12.1 Å². The maximum Gasteiger partial charge on any atom is 0.268 e. The molecule has 0 radical (unpaired) electrons. The lowest BCUT2D eigenvalue weighted by molar-refractivity contribution is -0.158. The van der Waals surface area contributed by atoms with Gasteiger partial charge in [-0.25, -0.2) is 5.06 Å². The smallest absolute Gasteiger partial charge is 0.268 e. The van der Waals surface area contributed by atoms with Gasteiger partial charge in [0.15, 0.2) is 0 Å². The number of carbonyl (C=O) groups excluding carboxylic acids is 2. The zero-order valence-electron chi connectivity index (χ0n) is 13.5. The molecule has 0 aliphatic carbocycles. The third-order valence-electron chi connectivity index (χ3n) is 3.99. The van der Waals surface area contributed by atoms with Gasteiger partial charge in [-0.2, -0.15) is 0 Å². The number of carbonyl (C=O) groups is 2. The van der Waals surface area contributed by atoms with E-state index in [0.29, 0.717) is 35.1 Å². The second-order valence-corrected chi connectivity index (χ2v) is 5.83. The van der Waals surface area contributed by atoms with Crippen LogP contribution in [0.3, 0.4) is 0 Å². The van der Waals surface area contributed by atoms with Gasteiger partial charge >= 0.3 is 0 Å². The van der Waals surface area contributed by atoms with E-state index in [1.807, 2.05) is 0 Å². The summed E-state index contributed by atoms with van der Waals surface area (Å²) in [6.45, 7) is 0.595. The molecular formula is C18H19N3O4. The maximum atomic E-state index is 12.2. The molecule has 0 spiro atoms. The first kappa shape index (κ1) is 16.8. The van der Waals surface area contributed by atoms with Crippen LogP contribution in [0, 0.1) is 0 Å². The van der Waals surface area contributed by atoms with Gasteiger partial charge in [0, 0.05) is 11.3 Å². The highest BCUT2D eigenvalue weighted by Gasteiger charge is 2.32. The molecule has 2 aromatic carbocycles. The van der Waals surface area contributed by atoms with Crippen molar-refractivity contribution in [3.63, 3.8) is 0 Å². The van der Waals surface area contributed by atoms with Crippen LogP contribution < -0.4 is 15.8 Å². The van der Waals surface area contributed by atoms with Crippen molar-refractivity contribution in [1.82, 2.24) is 10.4 Å². The van der Waals surface area contributed by atoms with Crippen LogP contribution in [0.5, 0.6) is 5.75 Å². The SMILES string of the molecule is Nc1ccc(OCc2ccc(C(=O)N[C@@H]3CCN(O)C3=O)cc2)cc1. The lowest BCUT2D eigenvalue weighted by Crippen LogP contribution is -2.40. The highest BCUT2D eigenvalue weighted by molar-refractivity contribution is 5.97. The first-order chi connectivity index (χ1) is 12.0. The summed E-state index contributed by atoms with van der Waals surface area (Å²) < 4.78 is 5.65. The molecule has 1 fully saturated rings. The molecule has 0 saturated carbocycles. The number of nitrogens with two attached hydrogens (primary N) is 1. The molecule has 1 aliphatic rings. The van der Waals surface area contributed by atoms with Gasteiger partial charge in [-0.15, -0.1) is 0 Å². The first-order valence-electron chi connectivity index (χ1n) is 7.91. The molecular weight excluding hydrogens is 322 g/mol. The predicted octanol–water partition coefficient (Wildman–Crippen LogP) is 1.57. The van der Waals surface area contributed by atoms with Gasteiger partial charge in [0.1, 0.15) is 18.4 Å². The number of ether oxygens (including phenoxy) is 1. The van der Waals surface area contributed by atoms with Gasteiger partial charge in [-0.3, -0.25) is 14.8 Å². The van der Waals surface area contributed by atoms with E-state index in [2.05, 4.69) is 5.32 Å². The summed E-state index contributed by atoms with van der Waals surface area (Å²) in [7, 11) is 0. The van der Waals surface area contributed by atoms with Gasteiger partial charge in [-0.05, 0) is 48.4 Å². The summed E-state index contributed by atoms with van der Waals surface area (Å²) in [4.78, 5) is 23.8. The number of hydroxylamine groups is 2. The molecule has 0 bridgehead atoms. The van der Waals surface area contributed by atoms with Crippen LogP contribution in [-0.2, 0) is 11.4 Å². The monoisotopic (exact) mass is 341 g/mol. The fourth-order valence-corrected chi connectivity index (χ4v) is 2.52. The van der Waals surface area contributed by atoms with Crippen LogP contribution in [0.15, 0.2) is 48.5 Å². The Kier molecular flexibility index (Phi) is 4.85. The van der Waals surface area contributed by atoms with Crippen molar-refractivity contribution in [1.29, 1.82) is 0 Å². The number of rotatable bonds is 5. The Morgan fingerprint density at radius 3 is 2.48 bits per heavy atom. The Morgan fingerprint density at radius 2 is 1.88 bits per heavy atom. The van der Waals surface area contributed by atoms with Crippen LogP contribution >= 0.6 is 0 Å². The van der Waals surface area contributed by atoms with E-state index in [1.54, 1.807) is 48.5 Å². The molecule has 1 heterocycles. The standard InChI is InChI=1S/C18H19N3O4/c19-14-5-7-15(8-6-14)25-11-12-1-3-13(4-2-12)17(22)20-16-9-10-21(24)18(16)23/h1-8,16,24H,9-11,19H2,(H,20,22)/t16-/m1/s1. The third-order valence-corrected chi connectivity index (χ3v) is 3.99. The fraction of sp³-hybridized carbons (Fsp3) is 0.222. The summed E-state index contributed by atoms with van der Waals surface area (Å²) in [5.41, 5.74) is 7.65. The summed E-state index contributed by atoms with van der Waals surface area (Å²) in [6, 6.07) is 13.4. The number of nitrogens with one attached hydrogen (secondary N) is 1. The Hall–Kier alpha value is -3.06. The van der Waals surface area contributed by atoms with Crippen molar-refractivity contribution in [2.45, 2.75) is 19.1 Å². The van der Waals surface area contributed by atoms with E-state index in [-0.39, 0.29) is 12.5 Å². The van der Waals surface area contributed by atoms with Crippen LogP contribution in [-0.4, -0.2) is 34.7 Å². The van der Waals surface area contributed by atoms with Crippen molar-refractivity contribution < 1.29 is 19.5 Å². The Balaban J connectivity index is 1.55. The minimum atomic E-state index is -0.675. The second kappa shape index (κ2) is 7.23. The highest BCUT2D eigenvalue weighted by Crippen LogP contribution is 2.16. The maximum absolute atomic E-state index is 12.2. The molecule has 7 heteroatoms. The van der Waals surface area contributed by atoms with E-state index >= 15 is 0 Å². The minimum absolute atomic E-state index is 0.227. The number of hydrogen-bond donors (Lipinski definition) is 3. The predicted molar refractivity (Wildman–Crippen MR) is 91.0 cm³/mol. The van der Waals surface area contributed by atoms with Gasteiger partial charge in [0.25, 0.3) is 11.8 Å². The van der Waals surface area contributed by atoms with Crippen molar-refractivity contribution in [3.05, 3.63) is 59.7 Å². The van der Waals surface area contributed by atoms with Crippen LogP contribution in [0.25, 0.3) is 0 Å². The molecule has 130 valence electrons. The Morgan fingerprint density at radius 1 is 1.20 bits per heavy atom. The van der Waals surface area contributed by atoms with Gasteiger partial charge in [0.05, 0.1) is 6.54 Å². The van der Waals surface area contributed by atoms with E-state index in [1.165, 1.54) is 0 Å². The summed E-state index contributed by atoms with van der Waals surface area (Å²) in [5.74, 6) is -0.120. The van der Waals surface area contributed by atoms with Crippen molar-refractivity contribution in [2.24, 2.45) is 0 Å². The molecule has 2 aromatic rings. The summed E-state index contributed by atoms with van der Waals surface area (Å²) in [6.07, 6.45) is 0.397. The van der Waals surface area contributed by atoms with Gasteiger partial charge in [0.2, 0.25) is 0 Å². The molecule has 0 unspecified atom stereocenters. The first-order valence-corrected chi connectivity index (χ1v) is 7.91. The topological polar surface area (TPSA) is 105 Å². The molecule has 0 aromatic heterocycles. The van der Waals surface area contributed by atoms with Gasteiger partial charge < -0.3 is 15.8 Å². The van der Waals surface area contributed by atoms with Crippen molar-refractivity contribution in [2.75, 3.05) is 12.3 Å². The molecule has 7 nitrogen and oxygen atoms in total. The second-order valence-electron chi connectivity index (χ2n) is 5.83. The normalized spacial score (nSPS) is 16.8. The Labute approximate surface area is 145 Å². The minimum Gasteiger partial charge on any atom is -0.489 e. The Bertz CT molecular complexity index is 759. The van der Waals surface area contributed by atoms with E-state index in [9.17, 15) is 14.8 Å². The number of hydrogen-bond acceptors (Lipinski definition) is 5. The van der Waals surface area contributed by atoms with Crippen molar-refractivity contribution >= 4 is 17.5 Å². The number of anilines is 1. The quantitative estimate of drug-likeness (QED) is 0.565. The molecule has 25 heavy (non-hydrogen) atoms. The zero-order chi connectivity index (χ0) is 17.8. The largest absolute Gasteiger partial charge is 0.489 e. The highest BCUT2D eigenvalue weighted by atomic mass is 16.5. The molecule has 1 saturated heterocycles. The lowest BCUT2D eigenvalue weighted by Gasteiger charge is -2.12. The number of nitrogen functional groups attached to an aromatic ring is 1. The average Bonchev–Trinajstić information content (AvgIpc) is 2.94. The number of benzene rings is 2. The van der Waals surface area contributed by atoms with E-state index in [0.717, 1.165) is 5.56 Å². The zero-order valence-corrected chi connectivity index (χ0v) is 13.5.